The molecule has 0 saturated carbocycles. The van der Waals surface area contributed by atoms with E-state index < -0.39 is 12.8 Å². The number of ether oxygens (including phenoxy) is 2. The molecule has 2 rings (SSSR count). The van der Waals surface area contributed by atoms with E-state index in [4.69, 9.17) is 4.74 Å². The molecule has 0 radical (unpaired) electrons. The highest BCUT2D eigenvalue weighted by molar-refractivity contribution is 5.79. The van der Waals surface area contributed by atoms with Crippen molar-refractivity contribution in [1.82, 2.24) is 15.6 Å². The summed E-state index contributed by atoms with van der Waals surface area (Å²) in [5, 5.41) is 6.20. The van der Waals surface area contributed by atoms with Gasteiger partial charge in [0.15, 0.2) is 12.6 Å². The van der Waals surface area contributed by atoms with Crippen LogP contribution in [-0.4, -0.2) is 43.9 Å². The van der Waals surface area contributed by atoms with Crippen LogP contribution in [0.3, 0.4) is 0 Å². The molecule has 0 amide bonds. The molecular weight excluding hydrogens is 373 g/mol. The van der Waals surface area contributed by atoms with Crippen LogP contribution in [0.1, 0.15) is 11.1 Å². The molecule has 0 spiro atoms. The predicted molar refractivity (Wildman–Crippen MR) is 101 cm³/mol. The summed E-state index contributed by atoms with van der Waals surface area (Å²) in [6.45, 7) is 2.08. The number of aromatic nitrogens is 1. The third kappa shape index (κ3) is 8.15. The molecule has 0 fully saturated rings. The van der Waals surface area contributed by atoms with E-state index in [1.165, 1.54) is 17.8 Å². The summed E-state index contributed by atoms with van der Waals surface area (Å²) in [6, 6.07) is 10.8. The lowest BCUT2D eigenvalue weighted by Gasteiger charge is -2.13. The summed E-state index contributed by atoms with van der Waals surface area (Å²) in [4.78, 5) is 7.96. The van der Waals surface area contributed by atoms with Crippen LogP contribution >= 0.6 is 0 Å². The van der Waals surface area contributed by atoms with Gasteiger partial charge in [-0.05, 0) is 24.6 Å². The second-order valence-corrected chi connectivity index (χ2v) is 5.92. The lowest BCUT2D eigenvalue weighted by atomic mass is 10.2. The zero-order chi connectivity index (χ0) is 20.4. The number of rotatable bonds is 8. The van der Waals surface area contributed by atoms with Crippen molar-refractivity contribution in [2.45, 2.75) is 19.6 Å². The first-order chi connectivity index (χ1) is 13.4. The first-order valence-electron chi connectivity index (χ1n) is 8.64. The molecule has 0 aliphatic heterocycles. The highest BCUT2D eigenvalue weighted by Crippen LogP contribution is 2.17. The number of aryl methyl sites for hydroxylation is 1. The molecule has 28 heavy (non-hydrogen) atoms. The Morgan fingerprint density at radius 1 is 1.07 bits per heavy atom. The molecular formula is C19H23F3N4O2. The van der Waals surface area contributed by atoms with Crippen molar-refractivity contribution in [3.05, 3.63) is 53.7 Å². The Bertz CT molecular complexity index is 747. The standard InChI is InChI=1S/C19H23F3N4O2/c1-14-3-6-16(7-4-14)27-10-9-24-18(23-2)26-12-15-5-8-17(25-11-15)28-13-19(20,21)22/h3-8,11H,9-10,12-13H2,1-2H3,(H2,23,24,26). The number of pyridine rings is 1. The predicted octanol–water partition coefficient (Wildman–Crippen LogP) is 3.08. The molecule has 0 atom stereocenters. The smallest absolute Gasteiger partial charge is 0.422 e. The fraction of sp³-hybridized carbons (Fsp3) is 0.368. The van der Waals surface area contributed by atoms with Crippen LogP contribution in [0.2, 0.25) is 0 Å². The van der Waals surface area contributed by atoms with E-state index in [2.05, 4.69) is 25.3 Å². The van der Waals surface area contributed by atoms with Crippen LogP contribution in [0, 0.1) is 6.92 Å². The van der Waals surface area contributed by atoms with Gasteiger partial charge in [0.1, 0.15) is 12.4 Å². The van der Waals surface area contributed by atoms with Gasteiger partial charge in [-0.2, -0.15) is 13.2 Å². The van der Waals surface area contributed by atoms with Gasteiger partial charge in [0.25, 0.3) is 0 Å². The van der Waals surface area contributed by atoms with Crippen molar-refractivity contribution in [3.63, 3.8) is 0 Å². The molecule has 0 unspecified atom stereocenters. The SMILES string of the molecule is CN=C(NCCOc1ccc(C)cc1)NCc1ccc(OCC(F)(F)F)nc1. The molecule has 1 aromatic heterocycles. The van der Waals surface area contributed by atoms with Crippen molar-refractivity contribution in [2.24, 2.45) is 4.99 Å². The summed E-state index contributed by atoms with van der Waals surface area (Å²) < 4.78 is 46.6. The van der Waals surface area contributed by atoms with Gasteiger partial charge >= 0.3 is 6.18 Å². The topological polar surface area (TPSA) is 67.8 Å². The molecule has 1 aromatic carbocycles. The zero-order valence-electron chi connectivity index (χ0n) is 15.7. The highest BCUT2D eigenvalue weighted by atomic mass is 19.4. The van der Waals surface area contributed by atoms with Crippen LogP contribution in [0.15, 0.2) is 47.6 Å². The number of nitrogens with zero attached hydrogens (tertiary/aromatic N) is 2. The maximum absolute atomic E-state index is 12.1. The van der Waals surface area contributed by atoms with Crippen molar-refractivity contribution in [2.75, 3.05) is 26.8 Å². The van der Waals surface area contributed by atoms with Gasteiger partial charge in [-0.25, -0.2) is 4.98 Å². The van der Waals surface area contributed by atoms with Gasteiger partial charge in [0, 0.05) is 25.9 Å². The molecule has 9 heteroatoms. The van der Waals surface area contributed by atoms with Crippen molar-refractivity contribution < 1.29 is 22.6 Å². The average Bonchev–Trinajstić information content (AvgIpc) is 2.67. The quantitative estimate of drug-likeness (QED) is 0.408. The number of halogens is 3. The van der Waals surface area contributed by atoms with E-state index in [1.54, 1.807) is 13.1 Å². The van der Waals surface area contributed by atoms with Crippen LogP contribution in [0.25, 0.3) is 0 Å². The number of guanidine groups is 1. The molecule has 0 saturated heterocycles. The van der Waals surface area contributed by atoms with Gasteiger partial charge in [0.05, 0.1) is 6.54 Å². The largest absolute Gasteiger partial charge is 0.492 e. The number of hydrogen-bond donors (Lipinski definition) is 2. The first-order valence-corrected chi connectivity index (χ1v) is 8.64. The average molecular weight is 396 g/mol. The summed E-state index contributed by atoms with van der Waals surface area (Å²) in [5.74, 6) is 1.30. The molecule has 0 aliphatic carbocycles. The maximum Gasteiger partial charge on any atom is 0.422 e. The maximum atomic E-state index is 12.1. The fourth-order valence-electron chi connectivity index (χ4n) is 2.14. The minimum Gasteiger partial charge on any atom is -0.492 e. The Morgan fingerprint density at radius 2 is 1.82 bits per heavy atom. The number of benzene rings is 1. The molecule has 2 N–H and O–H groups in total. The van der Waals surface area contributed by atoms with Crippen molar-refractivity contribution in [1.29, 1.82) is 0 Å². The third-order valence-corrected chi connectivity index (χ3v) is 3.55. The number of alkyl halides is 3. The number of nitrogens with one attached hydrogen (secondary N) is 2. The lowest BCUT2D eigenvalue weighted by Crippen LogP contribution is -2.38. The molecule has 2 aromatic rings. The van der Waals surface area contributed by atoms with E-state index in [-0.39, 0.29) is 5.88 Å². The number of aliphatic imine (C=N–C) groups is 1. The van der Waals surface area contributed by atoms with Gasteiger partial charge in [-0.1, -0.05) is 23.8 Å². The molecule has 0 aliphatic rings. The van der Waals surface area contributed by atoms with E-state index in [1.807, 2.05) is 31.2 Å². The Balaban J connectivity index is 1.69. The van der Waals surface area contributed by atoms with E-state index in [9.17, 15) is 13.2 Å². The minimum absolute atomic E-state index is 0.0724. The van der Waals surface area contributed by atoms with E-state index in [0.717, 1.165) is 11.3 Å². The highest BCUT2D eigenvalue weighted by Gasteiger charge is 2.28. The third-order valence-electron chi connectivity index (χ3n) is 3.55. The second kappa shape index (κ2) is 10.4. The van der Waals surface area contributed by atoms with E-state index >= 15 is 0 Å². The number of hydrogen-bond acceptors (Lipinski definition) is 4. The van der Waals surface area contributed by atoms with Crippen molar-refractivity contribution >= 4 is 5.96 Å². The molecule has 0 bridgehead atoms. The van der Waals surface area contributed by atoms with Crippen LogP contribution in [0.4, 0.5) is 13.2 Å². The normalized spacial score (nSPS) is 11.8. The Morgan fingerprint density at radius 3 is 2.43 bits per heavy atom. The zero-order valence-corrected chi connectivity index (χ0v) is 15.7. The Labute approximate surface area is 161 Å². The van der Waals surface area contributed by atoms with Gasteiger partial charge in [-0.3, -0.25) is 4.99 Å². The first kappa shape index (κ1) is 21.3. The van der Waals surface area contributed by atoms with Crippen LogP contribution in [0.5, 0.6) is 11.6 Å². The Hall–Kier alpha value is -2.97. The summed E-state index contributed by atoms with van der Waals surface area (Å²) in [7, 11) is 1.64. The monoisotopic (exact) mass is 396 g/mol. The lowest BCUT2D eigenvalue weighted by molar-refractivity contribution is -0.154. The molecule has 6 nitrogen and oxygen atoms in total. The van der Waals surface area contributed by atoms with Gasteiger partial charge in [0.2, 0.25) is 5.88 Å². The van der Waals surface area contributed by atoms with Crippen LogP contribution in [-0.2, 0) is 6.54 Å². The minimum atomic E-state index is -4.39. The summed E-state index contributed by atoms with van der Waals surface area (Å²) in [6.07, 6.45) is -2.93. The van der Waals surface area contributed by atoms with Gasteiger partial charge < -0.3 is 20.1 Å². The molecule has 152 valence electrons. The summed E-state index contributed by atoms with van der Waals surface area (Å²) in [5.41, 5.74) is 1.95. The van der Waals surface area contributed by atoms with Crippen LogP contribution < -0.4 is 20.1 Å². The molecule has 1 heterocycles. The van der Waals surface area contributed by atoms with E-state index in [0.29, 0.717) is 25.7 Å². The second-order valence-electron chi connectivity index (χ2n) is 5.92. The summed E-state index contributed by atoms with van der Waals surface area (Å²) >= 11 is 0. The fourth-order valence-corrected chi connectivity index (χ4v) is 2.14. The van der Waals surface area contributed by atoms with Gasteiger partial charge in [-0.15, -0.1) is 0 Å². The Kier molecular flexibility index (Phi) is 7.91. The van der Waals surface area contributed by atoms with Crippen molar-refractivity contribution in [3.8, 4) is 11.6 Å².